The van der Waals surface area contributed by atoms with E-state index in [0.29, 0.717) is 18.4 Å². The highest BCUT2D eigenvalue weighted by atomic mass is 79.9. The van der Waals surface area contributed by atoms with Gasteiger partial charge in [-0.1, -0.05) is 15.9 Å². The van der Waals surface area contributed by atoms with Gasteiger partial charge in [-0.2, -0.15) is 5.26 Å². The van der Waals surface area contributed by atoms with Gasteiger partial charge in [-0.15, -0.1) is 0 Å². The molecule has 72 valence electrons. The highest BCUT2D eigenvalue weighted by molar-refractivity contribution is 9.10. The third kappa shape index (κ3) is 3.13. The fourth-order valence-corrected chi connectivity index (χ4v) is 1.76. The van der Waals surface area contributed by atoms with Gasteiger partial charge in [0.05, 0.1) is 6.07 Å². The first-order chi connectivity index (χ1) is 6.63. The predicted molar refractivity (Wildman–Crippen MR) is 58.3 cm³/mol. The summed E-state index contributed by atoms with van der Waals surface area (Å²) in [5, 5.41) is 7.94. The van der Waals surface area contributed by atoms with Crippen LogP contribution in [0.25, 0.3) is 0 Å². The molecule has 1 aromatic rings. The summed E-state index contributed by atoms with van der Waals surface area (Å²) in [4.78, 5) is 10.9. The molecule has 0 radical (unpaired) electrons. The minimum atomic E-state index is -0.482. The first-order valence-electron chi connectivity index (χ1n) is 3.99. The molecule has 1 aromatic carbocycles. The van der Waals surface area contributed by atoms with Crippen LogP contribution < -0.4 is 0 Å². The van der Waals surface area contributed by atoms with E-state index in [1.54, 1.807) is 12.1 Å². The molecule has 0 aliphatic rings. The van der Waals surface area contributed by atoms with E-state index in [2.05, 4.69) is 22.0 Å². The molecule has 2 nitrogen and oxygen atoms in total. The van der Waals surface area contributed by atoms with E-state index in [1.807, 2.05) is 6.07 Å². The van der Waals surface area contributed by atoms with Gasteiger partial charge in [0, 0.05) is 16.5 Å². The highest BCUT2D eigenvalue weighted by Crippen LogP contribution is 2.18. The third-order valence-corrected chi connectivity index (χ3v) is 2.39. The zero-order valence-electron chi connectivity index (χ0n) is 7.26. The van der Waals surface area contributed by atoms with E-state index in [4.69, 9.17) is 16.9 Å². The normalized spacial score (nSPS) is 9.50. The monoisotopic (exact) mass is 271 g/mol. The van der Waals surface area contributed by atoms with E-state index < -0.39 is 5.24 Å². The van der Waals surface area contributed by atoms with Crippen molar-refractivity contribution in [2.24, 2.45) is 0 Å². The Morgan fingerprint density at radius 3 is 2.79 bits per heavy atom. The number of hydrogen-bond acceptors (Lipinski definition) is 2. The smallest absolute Gasteiger partial charge is 0.252 e. The number of rotatable bonds is 3. The Balaban J connectivity index is 2.96. The van der Waals surface area contributed by atoms with Gasteiger partial charge in [-0.25, -0.2) is 0 Å². The zero-order valence-corrected chi connectivity index (χ0v) is 9.60. The molecule has 0 atom stereocenters. The molecule has 0 aromatic heterocycles. The van der Waals surface area contributed by atoms with Crippen LogP contribution in [0.3, 0.4) is 0 Å². The van der Waals surface area contributed by atoms with Crippen LogP contribution in [0.1, 0.15) is 22.3 Å². The minimum absolute atomic E-state index is 0.437. The van der Waals surface area contributed by atoms with Crippen molar-refractivity contribution in [3.05, 3.63) is 33.8 Å². The summed E-state index contributed by atoms with van der Waals surface area (Å²) >= 11 is 8.64. The lowest BCUT2D eigenvalue weighted by Crippen LogP contribution is -1.92. The van der Waals surface area contributed by atoms with Crippen LogP contribution in [0.5, 0.6) is 0 Å². The van der Waals surface area contributed by atoms with Crippen LogP contribution in [-0.2, 0) is 6.42 Å². The van der Waals surface area contributed by atoms with Gasteiger partial charge in [0.15, 0.2) is 0 Å². The Hall–Kier alpha value is -0.850. The number of carbonyl (C=O) groups is 1. The molecular weight excluding hydrogens is 265 g/mol. The average Bonchev–Trinajstić information content (AvgIpc) is 2.14. The molecule has 0 unspecified atom stereocenters. The summed E-state index contributed by atoms with van der Waals surface area (Å²) in [6, 6.07) is 7.29. The van der Waals surface area contributed by atoms with Crippen LogP contribution in [-0.4, -0.2) is 5.24 Å². The van der Waals surface area contributed by atoms with Crippen molar-refractivity contribution < 1.29 is 4.79 Å². The topological polar surface area (TPSA) is 40.9 Å². The zero-order chi connectivity index (χ0) is 10.6. The van der Waals surface area contributed by atoms with Crippen LogP contribution in [0.4, 0.5) is 0 Å². The lowest BCUT2D eigenvalue weighted by Gasteiger charge is -2.01. The molecule has 0 aliphatic carbocycles. The Kier molecular flexibility index (Phi) is 4.12. The maximum Gasteiger partial charge on any atom is 0.252 e. The lowest BCUT2D eigenvalue weighted by molar-refractivity contribution is 0.108. The van der Waals surface area contributed by atoms with Crippen LogP contribution in [0.2, 0.25) is 0 Å². The summed E-state index contributed by atoms with van der Waals surface area (Å²) < 4.78 is 0.803. The first kappa shape index (κ1) is 11.2. The largest absolute Gasteiger partial charge is 0.276 e. The summed E-state index contributed by atoms with van der Waals surface area (Å²) in [5.74, 6) is 0. The molecule has 0 spiro atoms. The number of halogens is 2. The second-order valence-electron chi connectivity index (χ2n) is 2.78. The van der Waals surface area contributed by atoms with E-state index in [0.717, 1.165) is 10.0 Å². The molecule has 1 rings (SSSR count). The first-order valence-corrected chi connectivity index (χ1v) is 5.17. The van der Waals surface area contributed by atoms with Crippen molar-refractivity contribution >= 4 is 32.8 Å². The molecule has 0 N–H and O–H groups in total. The molecule has 0 aliphatic heterocycles. The molecule has 0 saturated heterocycles. The summed E-state index contributed by atoms with van der Waals surface area (Å²) in [6.07, 6.45) is 1.07. The van der Waals surface area contributed by atoms with Gasteiger partial charge in [-0.3, -0.25) is 4.79 Å². The van der Waals surface area contributed by atoms with Crippen molar-refractivity contribution in [1.82, 2.24) is 0 Å². The van der Waals surface area contributed by atoms with Gasteiger partial charge < -0.3 is 0 Å². The summed E-state index contributed by atoms with van der Waals surface area (Å²) in [5.41, 5.74) is 1.39. The van der Waals surface area contributed by atoms with Gasteiger partial charge in [0.1, 0.15) is 0 Å². The molecular formula is C10H7BrClNO. The Morgan fingerprint density at radius 2 is 2.21 bits per heavy atom. The van der Waals surface area contributed by atoms with E-state index in [1.165, 1.54) is 0 Å². The van der Waals surface area contributed by atoms with Gasteiger partial charge in [-0.05, 0) is 41.8 Å². The summed E-state index contributed by atoms with van der Waals surface area (Å²) in [6.45, 7) is 0. The van der Waals surface area contributed by atoms with E-state index in [-0.39, 0.29) is 0 Å². The van der Waals surface area contributed by atoms with E-state index >= 15 is 0 Å². The van der Waals surface area contributed by atoms with Gasteiger partial charge in [0.2, 0.25) is 0 Å². The molecule has 4 heteroatoms. The molecule has 0 amide bonds. The molecule has 0 bridgehead atoms. The number of aryl methyl sites for hydroxylation is 1. The number of benzene rings is 1. The highest BCUT2D eigenvalue weighted by Gasteiger charge is 2.04. The van der Waals surface area contributed by atoms with Crippen molar-refractivity contribution in [3.8, 4) is 6.07 Å². The van der Waals surface area contributed by atoms with Gasteiger partial charge >= 0.3 is 0 Å². The molecule has 0 saturated carbocycles. The van der Waals surface area contributed by atoms with Crippen LogP contribution in [0, 0.1) is 11.3 Å². The number of hydrogen-bond donors (Lipinski definition) is 0. The fourth-order valence-electron chi connectivity index (χ4n) is 1.11. The second-order valence-corrected chi connectivity index (χ2v) is 4.04. The quantitative estimate of drug-likeness (QED) is 0.792. The maximum absolute atomic E-state index is 10.9. The van der Waals surface area contributed by atoms with Crippen molar-refractivity contribution in [1.29, 1.82) is 5.26 Å². The van der Waals surface area contributed by atoms with Crippen LogP contribution >= 0.6 is 27.5 Å². The molecule has 0 heterocycles. The summed E-state index contributed by atoms with van der Waals surface area (Å²) in [7, 11) is 0. The van der Waals surface area contributed by atoms with Gasteiger partial charge in [0.25, 0.3) is 5.24 Å². The second kappa shape index (κ2) is 5.14. The Bertz CT molecular complexity index is 398. The maximum atomic E-state index is 10.9. The van der Waals surface area contributed by atoms with Crippen LogP contribution in [0.15, 0.2) is 22.7 Å². The Labute approximate surface area is 95.6 Å². The number of nitrogens with zero attached hydrogens (tertiary/aromatic N) is 1. The van der Waals surface area contributed by atoms with Crippen molar-refractivity contribution in [2.75, 3.05) is 0 Å². The SMILES string of the molecule is N#CCCc1cc(Br)cc(C(=O)Cl)c1. The predicted octanol–water partition coefficient (Wildman–Crippen LogP) is 3.28. The molecule has 14 heavy (non-hydrogen) atoms. The average molecular weight is 273 g/mol. The van der Waals surface area contributed by atoms with E-state index in [9.17, 15) is 4.79 Å². The standard InChI is InChI=1S/C10H7BrClNO/c11-9-5-7(2-1-3-13)4-8(6-9)10(12)14/h4-6H,1-2H2. The van der Waals surface area contributed by atoms with Crippen molar-refractivity contribution in [2.45, 2.75) is 12.8 Å². The fraction of sp³-hybridized carbons (Fsp3) is 0.200. The number of carbonyl (C=O) groups excluding carboxylic acids is 1. The Morgan fingerprint density at radius 1 is 1.50 bits per heavy atom. The number of nitriles is 1. The molecule has 0 fully saturated rings. The van der Waals surface area contributed by atoms with Crippen molar-refractivity contribution in [3.63, 3.8) is 0 Å². The lowest BCUT2D eigenvalue weighted by atomic mass is 10.1. The third-order valence-electron chi connectivity index (χ3n) is 1.71. The minimum Gasteiger partial charge on any atom is -0.276 e.